The molecule has 26 heavy (non-hydrogen) atoms. The molecule has 2 rings (SSSR count). The highest BCUT2D eigenvalue weighted by molar-refractivity contribution is 5.85. The van der Waals surface area contributed by atoms with E-state index in [0.717, 1.165) is 29.9 Å². The molecule has 0 saturated carbocycles. The van der Waals surface area contributed by atoms with Gasteiger partial charge in [-0.1, -0.05) is 44.2 Å². The van der Waals surface area contributed by atoms with Crippen molar-refractivity contribution in [1.82, 2.24) is 10.3 Å². The molecular weight excluding hydrogens is 373 g/mol. The quantitative estimate of drug-likeness (QED) is 0.698. The van der Waals surface area contributed by atoms with Gasteiger partial charge >= 0.3 is 0 Å². The Bertz CT molecular complexity index is 671. The third kappa shape index (κ3) is 6.63. The number of amides is 1. The van der Waals surface area contributed by atoms with E-state index < -0.39 is 0 Å². The number of aromatic nitrogens is 1. The Kier molecular flexibility index (Phi) is 10.5. The van der Waals surface area contributed by atoms with E-state index in [1.807, 2.05) is 51.1 Å². The normalized spacial score (nSPS) is 10.6. The summed E-state index contributed by atoms with van der Waals surface area (Å²) in [4.78, 5) is 16.4. The van der Waals surface area contributed by atoms with Crippen LogP contribution in [-0.4, -0.2) is 23.0 Å². The molecule has 0 atom stereocenters. The number of halogens is 2. The van der Waals surface area contributed by atoms with Gasteiger partial charge in [0.25, 0.3) is 0 Å². The van der Waals surface area contributed by atoms with Crippen molar-refractivity contribution in [3.63, 3.8) is 0 Å². The molecule has 146 valence electrons. The average Bonchev–Trinajstić information content (AvgIpc) is 2.99. The Labute approximate surface area is 168 Å². The SMILES string of the molecule is CCC(N)(CC)CNC(=O)CCc1nc(C)c(-c2ccccc2)o1.Cl.Cl. The summed E-state index contributed by atoms with van der Waals surface area (Å²) in [7, 11) is 0. The minimum atomic E-state index is -0.324. The molecule has 0 bridgehead atoms. The summed E-state index contributed by atoms with van der Waals surface area (Å²) in [5.41, 5.74) is 7.71. The predicted molar refractivity (Wildman–Crippen MR) is 110 cm³/mol. The Balaban J connectivity index is 0.00000312. The molecule has 3 N–H and O–H groups in total. The lowest BCUT2D eigenvalue weighted by Gasteiger charge is -2.26. The predicted octanol–water partition coefficient (Wildman–Crippen LogP) is 4.06. The van der Waals surface area contributed by atoms with Crippen LogP contribution in [0.5, 0.6) is 0 Å². The monoisotopic (exact) mass is 401 g/mol. The molecule has 0 aliphatic rings. The number of oxazole rings is 1. The van der Waals surface area contributed by atoms with E-state index >= 15 is 0 Å². The van der Waals surface area contributed by atoms with E-state index in [1.54, 1.807) is 0 Å². The number of rotatable bonds is 8. The van der Waals surface area contributed by atoms with Gasteiger partial charge in [0.15, 0.2) is 11.7 Å². The fourth-order valence-corrected chi connectivity index (χ4v) is 2.50. The van der Waals surface area contributed by atoms with Crippen molar-refractivity contribution < 1.29 is 9.21 Å². The first kappa shape index (κ1) is 24.4. The molecule has 0 spiro atoms. The molecule has 2 aromatic rings. The second-order valence-electron chi connectivity index (χ2n) is 6.23. The number of nitrogens with one attached hydrogen (secondary N) is 1. The van der Waals surface area contributed by atoms with Crippen LogP contribution in [0.25, 0.3) is 11.3 Å². The van der Waals surface area contributed by atoms with Gasteiger partial charge < -0.3 is 15.5 Å². The molecule has 0 fully saturated rings. The highest BCUT2D eigenvalue weighted by Gasteiger charge is 2.21. The van der Waals surface area contributed by atoms with Crippen LogP contribution >= 0.6 is 24.8 Å². The van der Waals surface area contributed by atoms with Crippen molar-refractivity contribution in [1.29, 1.82) is 0 Å². The Morgan fingerprint density at radius 3 is 2.38 bits per heavy atom. The summed E-state index contributed by atoms with van der Waals surface area (Å²) >= 11 is 0. The van der Waals surface area contributed by atoms with Crippen molar-refractivity contribution in [3.8, 4) is 11.3 Å². The molecule has 1 aromatic carbocycles. The lowest BCUT2D eigenvalue weighted by molar-refractivity contribution is -0.121. The maximum absolute atomic E-state index is 12.0. The maximum Gasteiger partial charge on any atom is 0.220 e. The van der Waals surface area contributed by atoms with Crippen LogP contribution in [-0.2, 0) is 11.2 Å². The topological polar surface area (TPSA) is 81.1 Å². The van der Waals surface area contributed by atoms with E-state index in [4.69, 9.17) is 10.2 Å². The lowest BCUT2D eigenvalue weighted by atomic mass is 9.94. The van der Waals surface area contributed by atoms with Gasteiger partial charge in [0.2, 0.25) is 5.91 Å². The van der Waals surface area contributed by atoms with Gasteiger partial charge in [-0.15, -0.1) is 24.8 Å². The summed E-state index contributed by atoms with van der Waals surface area (Å²) in [5, 5.41) is 2.92. The molecule has 7 heteroatoms. The van der Waals surface area contributed by atoms with Crippen molar-refractivity contribution in [2.75, 3.05) is 6.54 Å². The Hall–Kier alpha value is -1.56. The van der Waals surface area contributed by atoms with E-state index in [-0.39, 0.29) is 36.3 Å². The number of nitrogens with two attached hydrogens (primary N) is 1. The standard InChI is InChI=1S/C19H27N3O2.2ClH/c1-4-19(20,5-2)13-21-16(23)11-12-17-22-14(3)18(24-17)15-9-7-6-8-10-15;;/h6-10H,4-5,11-13,20H2,1-3H3,(H,21,23);2*1H. The first-order valence-electron chi connectivity index (χ1n) is 8.54. The van der Waals surface area contributed by atoms with E-state index in [2.05, 4.69) is 10.3 Å². The minimum absolute atomic E-state index is 0. The first-order valence-corrected chi connectivity index (χ1v) is 8.54. The first-order chi connectivity index (χ1) is 11.5. The Morgan fingerprint density at radius 2 is 1.81 bits per heavy atom. The number of aryl methyl sites for hydroxylation is 2. The zero-order chi connectivity index (χ0) is 17.6. The van der Waals surface area contributed by atoms with Crippen molar-refractivity contribution in [2.45, 2.75) is 52.0 Å². The van der Waals surface area contributed by atoms with Gasteiger partial charge in [0.05, 0.1) is 5.69 Å². The number of benzene rings is 1. The van der Waals surface area contributed by atoms with Gasteiger partial charge in [-0.2, -0.15) is 0 Å². The lowest BCUT2D eigenvalue weighted by Crippen LogP contribution is -2.49. The highest BCUT2D eigenvalue weighted by atomic mass is 35.5. The zero-order valence-electron chi connectivity index (χ0n) is 15.6. The van der Waals surface area contributed by atoms with Crippen molar-refractivity contribution >= 4 is 30.7 Å². The smallest absolute Gasteiger partial charge is 0.220 e. The third-order valence-electron chi connectivity index (χ3n) is 4.49. The molecule has 1 heterocycles. The second-order valence-corrected chi connectivity index (χ2v) is 6.23. The highest BCUT2D eigenvalue weighted by Crippen LogP contribution is 2.24. The maximum atomic E-state index is 12.0. The summed E-state index contributed by atoms with van der Waals surface area (Å²) in [6, 6.07) is 9.86. The number of nitrogens with zero attached hydrogens (tertiary/aromatic N) is 1. The fraction of sp³-hybridized carbons (Fsp3) is 0.474. The van der Waals surface area contributed by atoms with Crippen LogP contribution in [0.4, 0.5) is 0 Å². The van der Waals surface area contributed by atoms with E-state index in [9.17, 15) is 4.79 Å². The van der Waals surface area contributed by atoms with Crippen LogP contribution in [0, 0.1) is 6.92 Å². The molecule has 0 saturated heterocycles. The zero-order valence-corrected chi connectivity index (χ0v) is 17.2. The molecule has 1 aromatic heterocycles. The number of carbonyl (C=O) groups is 1. The van der Waals surface area contributed by atoms with Crippen molar-refractivity contribution in [3.05, 3.63) is 41.9 Å². The third-order valence-corrected chi connectivity index (χ3v) is 4.49. The van der Waals surface area contributed by atoms with Gasteiger partial charge in [0.1, 0.15) is 0 Å². The van der Waals surface area contributed by atoms with Gasteiger partial charge in [0, 0.05) is 30.5 Å². The van der Waals surface area contributed by atoms with Crippen LogP contribution in [0.15, 0.2) is 34.7 Å². The molecular formula is C19H29Cl2N3O2. The van der Waals surface area contributed by atoms with Gasteiger partial charge in [-0.25, -0.2) is 4.98 Å². The minimum Gasteiger partial charge on any atom is -0.440 e. The second kappa shape index (κ2) is 11.2. The van der Waals surface area contributed by atoms with Crippen LogP contribution < -0.4 is 11.1 Å². The van der Waals surface area contributed by atoms with Gasteiger partial charge in [-0.3, -0.25) is 4.79 Å². The number of carbonyl (C=O) groups excluding carboxylic acids is 1. The van der Waals surface area contributed by atoms with Crippen LogP contribution in [0.3, 0.4) is 0 Å². The molecule has 1 amide bonds. The number of hydrogen-bond acceptors (Lipinski definition) is 4. The molecule has 0 aliphatic heterocycles. The summed E-state index contributed by atoms with van der Waals surface area (Å²) < 4.78 is 5.82. The summed E-state index contributed by atoms with van der Waals surface area (Å²) in [5.74, 6) is 1.33. The van der Waals surface area contributed by atoms with Crippen LogP contribution in [0.1, 0.15) is 44.7 Å². The summed E-state index contributed by atoms with van der Waals surface area (Å²) in [6.07, 6.45) is 2.50. The van der Waals surface area contributed by atoms with Crippen LogP contribution in [0.2, 0.25) is 0 Å². The fourth-order valence-electron chi connectivity index (χ4n) is 2.50. The summed E-state index contributed by atoms with van der Waals surface area (Å²) in [6.45, 7) is 6.49. The van der Waals surface area contributed by atoms with E-state index in [0.29, 0.717) is 25.3 Å². The van der Waals surface area contributed by atoms with Gasteiger partial charge in [-0.05, 0) is 19.8 Å². The Morgan fingerprint density at radius 1 is 1.19 bits per heavy atom. The molecule has 0 aliphatic carbocycles. The van der Waals surface area contributed by atoms with E-state index in [1.165, 1.54) is 0 Å². The largest absolute Gasteiger partial charge is 0.440 e. The average molecular weight is 402 g/mol. The molecule has 0 unspecified atom stereocenters. The molecule has 0 radical (unpaired) electrons. The molecule has 5 nitrogen and oxygen atoms in total. The number of hydrogen-bond donors (Lipinski definition) is 2. The van der Waals surface area contributed by atoms with Crippen molar-refractivity contribution in [2.24, 2.45) is 5.73 Å².